The van der Waals surface area contributed by atoms with Crippen LogP contribution in [0.15, 0.2) is 36.0 Å². The van der Waals surface area contributed by atoms with Gasteiger partial charge in [0.05, 0.1) is 0 Å². The highest BCUT2D eigenvalue weighted by Gasteiger charge is 2.59. The number of esters is 1. The number of unbranched alkanes of at least 4 members (excludes halogenated alkanes) is 6. The molecule has 4 rings (SSSR count). The fourth-order valence-corrected chi connectivity index (χ4v) is 10.8. The number of rotatable bonds is 18. The van der Waals surface area contributed by atoms with Crippen LogP contribution in [-0.4, -0.2) is 12.1 Å². The summed E-state index contributed by atoms with van der Waals surface area (Å²) in [5.41, 5.74) is 2.48. The molecule has 4 aliphatic carbocycles. The summed E-state index contributed by atoms with van der Waals surface area (Å²) in [6, 6.07) is 0. The van der Waals surface area contributed by atoms with Crippen molar-refractivity contribution in [1.29, 1.82) is 0 Å². The van der Waals surface area contributed by atoms with E-state index < -0.39 is 0 Å². The lowest BCUT2D eigenvalue weighted by atomic mass is 9.47. The standard InChI is InChI=1S/C44H74O2/c1-8-9-10-11-12-13-14-15-16-17-18-19-20-21-42(45)46-37-28-30-43(6)36(32-37)24-25-38-40-27-26-39(44(40,7)31-29-41(38)43)35(5)23-22-34(4)33(2)3/h15-16,18-19,24,33-35,37-41H,8-14,17,20-23,25-32H2,1-7H3/b16-15-,19-18+. The van der Waals surface area contributed by atoms with Gasteiger partial charge in [-0.25, -0.2) is 0 Å². The SMILES string of the molecule is CCCCCCCC/C=C\C/C=C/CCC(=O)OC1CCC2(C)C(=CCC3C2CCC2(C)C(C(C)CCC(C)C(C)C)CCC32)C1. The minimum absolute atomic E-state index is 0.00603. The number of carbonyl (C=O) groups is 1. The molecule has 0 amide bonds. The second-order valence-corrected chi connectivity index (χ2v) is 17.4. The predicted octanol–water partition coefficient (Wildman–Crippen LogP) is 13.2. The van der Waals surface area contributed by atoms with Crippen molar-refractivity contribution in [3.8, 4) is 0 Å². The minimum Gasteiger partial charge on any atom is -0.462 e. The molecule has 4 aliphatic rings. The molecule has 3 fully saturated rings. The van der Waals surface area contributed by atoms with Gasteiger partial charge in [-0.15, -0.1) is 0 Å². The van der Waals surface area contributed by atoms with Crippen LogP contribution in [0.25, 0.3) is 0 Å². The molecule has 46 heavy (non-hydrogen) atoms. The quantitative estimate of drug-likeness (QED) is 0.0852. The number of ether oxygens (including phenoxy) is 1. The largest absolute Gasteiger partial charge is 0.462 e. The summed E-state index contributed by atoms with van der Waals surface area (Å²) in [6.45, 7) is 17.4. The fourth-order valence-electron chi connectivity index (χ4n) is 10.8. The van der Waals surface area contributed by atoms with Gasteiger partial charge in [0, 0.05) is 12.8 Å². The Hall–Kier alpha value is -1.31. The number of allylic oxidation sites excluding steroid dienone is 5. The molecule has 262 valence electrons. The molecule has 3 saturated carbocycles. The van der Waals surface area contributed by atoms with Crippen molar-refractivity contribution in [2.75, 3.05) is 0 Å². The van der Waals surface area contributed by atoms with Gasteiger partial charge < -0.3 is 4.74 Å². The second kappa shape index (κ2) is 17.9. The molecule has 0 aromatic carbocycles. The zero-order valence-corrected chi connectivity index (χ0v) is 31.5. The minimum atomic E-state index is -0.00603. The normalized spacial score (nSPS) is 33.9. The Morgan fingerprint density at radius 1 is 0.870 bits per heavy atom. The predicted molar refractivity (Wildman–Crippen MR) is 198 cm³/mol. The molecule has 2 nitrogen and oxygen atoms in total. The summed E-state index contributed by atoms with van der Waals surface area (Å²) in [6.07, 6.45) is 36.3. The molecule has 0 saturated heterocycles. The van der Waals surface area contributed by atoms with Crippen LogP contribution in [0.4, 0.5) is 0 Å². The van der Waals surface area contributed by atoms with E-state index >= 15 is 0 Å². The third-order valence-electron chi connectivity index (χ3n) is 14.2. The van der Waals surface area contributed by atoms with Crippen LogP contribution < -0.4 is 0 Å². The van der Waals surface area contributed by atoms with Crippen molar-refractivity contribution in [3.63, 3.8) is 0 Å². The van der Waals surface area contributed by atoms with Crippen molar-refractivity contribution >= 4 is 5.97 Å². The molecule has 9 unspecified atom stereocenters. The van der Waals surface area contributed by atoms with Crippen molar-refractivity contribution in [2.45, 2.75) is 183 Å². The Balaban J connectivity index is 1.19. The van der Waals surface area contributed by atoms with Crippen molar-refractivity contribution in [1.82, 2.24) is 0 Å². The molecule has 0 aromatic heterocycles. The maximum Gasteiger partial charge on any atom is 0.306 e. The van der Waals surface area contributed by atoms with Gasteiger partial charge in [-0.05, 0) is 123 Å². The van der Waals surface area contributed by atoms with E-state index in [4.69, 9.17) is 4.74 Å². The Labute approximate surface area is 286 Å². The molecule has 0 spiro atoms. The third kappa shape index (κ3) is 9.43. The van der Waals surface area contributed by atoms with Gasteiger partial charge in [-0.3, -0.25) is 4.79 Å². The number of fused-ring (bicyclic) bond motifs is 5. The van der Waals surface area contributed by atoms with Crippen molar-refractivity contribution in [2.24, 2.45) is 52.3 Å². The summed E-state index contributed by atoms with van der Waals surface area (Å²) >= 11 is 0. The monoisotopic (exact) mass is 635 g/mol. The fraction of sp³-hybridized carbons (Fsp3) is 0.841. The first-order valence-electron chi connectivity index (χ1n) is 20.3. The van der Waals surface area contributed by atoms with E-state index in [0.29, 0.717) is 17.3 Å². The van der Waals surface area contributed by atoms with E-state index in [0.717, 1.165) is 67.1 Å². The summed E-state index contributed by atoms with van der Waals surface area (Å²) in [4.78, 5) is 12.8. The Bertz CT molecular complexity index is 1020. The average Bonchev–Trinajstić information content (AvgIpc) is 3.39. The van der Waals surface area contributed by atoms with E-state index in [9.17, 15) is 4.79 Å². The van der Waals surface area contributed by atoms with Gasteiger partial charge in [0.25, 0.3) is 0 Å². The first-order chi connectivity index (χ1) is 22.1. The molecule has 0 heterocycles. The van der Waals surface area contributed by atoms with E-state index in [1.165, 1.54) is 96.3 Å². The summed E-state index contributed by atoms with van der Waals surface area (Å²) < 4.78 is 6.08. The number of carbonyl (C=O) groups excluding carboxylic acids is 1. The molecule has 0 radical (unpaired) electrons. The van der Waals surface area contributed by atoms with Gasteiger partial charge in [0.15, 0.2) is 0 Å². The highest BCUT2D eigenvalue weighted by molar-refractivity contribution is 5.69. The van der Waals surface area contributed by atoms with Crippen LogP contribution >= 0.6 is 0 Å². The van der Waals surface area contributed by atoms with Crippen LogP contribution in [0.3, 0.4) is 0 Å². The van der Waals surface area contributed by atoms with Crippen LogP contribution in [0.5, 0.6) is 0 Å². The first-order valence-corrected chi connectivity index (χ1v) is 20.3. The van der Waals surface area contributed by atoms with E-state index in [2.05, 4.69) is 78.8 Å². The van der Waals surface area contributed by atoms with E-state index in [-0.39, 0.29) is 12.1 Å². The third-order valence-corrected chi connectivity index (χ3v) is 14.2. The smallest absolute Gasteiger partial charge is 0.306 e. The van der Waals surface area contributed by atoms with E-state index in [1.807, 2.05) is 0 Å². The molecular formula is C44H74O2. The maximum atomic E-state index is 12.8. The Morgan fingerprint density at radius 3 is 2.37 bits per heavy atom. The lowest BCUT2D eigenvalue weighted by molar-refractivity contribution is -0.151. The number of hydrogen-bond acceptors (Lipinski definition) is 2. The van der Waals surface area contributed by atoms with Crippen LogP contribution in [0.1, 0.15) is 177 Å². The van der Waals surface area contributed by atoms with Crippen molar-refractivity contribution < 1.29 is 9.53 Å². The highest BCUT2D eigenvalue weighted by atomic mass is 16.5. The maximum absolute atomic E-state index is 12.8. The number of hydrogen-bond donors (Lipinski definition) is 0. The van der Waals surface area contributed by atoms with Gasteiger partial charge in [-0.2, -0.15) is 0 Å². The van der Waals surface area contributed by atoms with Gasteiger partial charge in [0.2, 0.25) is 0 Å². The van der Waals surface area contributed by atoms with Gasteiger partial charge in [0.1, 0.15) is 6.10 Å². The van der Waals surface area contributed by atoms with E-state index in [1.54, 1.807) is 5.57 Å². The highest BCUT2D eigenvalue weighted by Crippen LogP contribution is 2.67. The Kier molecular flexibility index (Phi) is 14.6. The lowest BCUT2D eigenvalue weighted by Gasteiger charge is -2.58. The van der Waals surface area contributed by atoms with Gasteiger partial charge >= 0.3 is 5.97 Å². The second-order valence-electron chi connectivity index (χ2n) is 17.4. The Morgan fingerprint density at radius 2 is 1.61 bits per heavy atom. The van der Waals surface area contributed by atoms with Crippen molar-refractivity contribution in [3.05, 3.63) is 36.0 Å². The first kappa shape index (κ1) is 37.5. The zero-order chi connectivity index (χ0) is 33.2. The molecule has 0 aromatic rings. The molecule has 2 heteroatoms. The van der Waals surface area contributed by atoms with Crippen LogP contribution in [0, 0.1) is 52.3 Å². The summed E-state index contributed by atoms with van der Waals surface area (Å²) in [7, 11) is 0. The average molecular weight is 635 g/mol. The molecular weight excluding hydrogens is 560 g/mol. The lowest BCUT2D eigenvalue weighted by Crippen LogP contribution is -2.51. The van der Waals surface area contributed by atoms with Gasteiger partial charge in [-0.1, -0.05) is 129 Å². The van der Waals surface area contributed by atoms with Crippen LogP contribution in [-0.2, 0) is 9.53 Å². The summed E-state index contributed by atoms with van der Waals surface area (Å²) in [5.74, 6) is 5.98. The molecule has 0 aliphatic heterocycles. The molecule has 0 N–H and O–H groups in total. The van der Waals surface area contributed by atoms with Crippen LogP contribution in [0.2, 0.25) is 0 Å². The zero-order valence-electron chi connectivity index (χ0n) is 31.5. The summed E-state index contributed by atoms with van der Waals surface area (Å²) in [5, 5.41) is 0. The molecule has 0 bridgehead atoms. The topological polar surface area (TPSA) is 26.3 Å². The molecule has 9 atom stereocenters.